The molecule has 0 radical (unpaired) electrons. The highest BCUT2D eigenvalue weighted by molar-refractivity contribution is 5.93. The van der Waals surface area contributed by atoms with Crippen molar-refractivity contribution in [2.45, 2.75) is 18.9 Å². The van der Waals surface area contributed by atoms with Crippen molar-refractivity contribution < 1.29 is 4.39 Å². The fourth-order valence-corrected chi connectivity index (χ4v) is 1.16. The molecule has 0 aromatic heterocycles. The Morgan fingerprint density at radius 3 is 2.53 bits per heavy atom. The minimum absolute atomic E-state index is 0.262. The number of nitrogens with two attached hydrogens (primary N) is 1. The number of nitrogens with one attached hydrogen (secondary N) is 2. The van der Waals surface area contributed by atoms with Crippen LogP contribution in [-0.2, 0) is 0 Å². The van der Waals surface area contributed by atoms with Gasteiger partial charge < -0.3 is 5.32 Å². The third-order valence-corrected chi connectivity index (χ3v) is 2.10. The average Bonchev–Trinajstić information content (AvgIpc) is 3.04. The van der Waals surface area contributed by atoms with E-state index in [1.54, 1.807) is 12.1 Å². The summed E-state index contributed by atoms with van der Waals surface area (Å²) in [6.07, 6.45) is 2.21. The highest BCUT2D eigenvalue weighted by Gasteiger charge is 2.20. The number of hydrogen-bond donors (Lipinski definition) is 3. The highest BCUT2D eigenvalue weighted by Crippen LogP contribution is 2.23. The van der Waals surface area contributed by atoms with Gasteiger partial charge in [-0.2, -0.15) is 0 Å². The summed E-state index contributed by atoms with van der Waals surface area (Å²) in [6, 6.07) is 6.41. The molecule has 0 amide bonds. The van der Waals surface area contributed by atoms with Gasteiger partial charge in [0.25, 0.3) is 0 Å². The van der Waals surface area contributed by atoms with Crippen molar-refractivity contribution in [1.82, 2.24) is 5.43 Å². The number of guanidine groups is 1. The van der Waals surface area contributed by atoms with Gasteiger partial charge >= 0.3 is 0 Å². The molecule has 0 aliphatic heterocycles. The minimum atomic E-state index is -0.262. The quantitative estimate of drug-likeness (QED) is 0.296. The molecule has 1 fully saturated rings. The van der Waals surface area contributed by atoms with Crippen LogP contribution >= 0.6 is 0 Å². The summed E-state index contributed by atoms with van der Waals surface area (Å²) in [5.41, 5.74) is 3.24. The first-order valence-corrected chi connectivity index (χ1v) is 4.85. The summed E-state index contributed by atoms with van der Waals surface area (Å²) >= 11 is 0. The van der Waals surface area contributed by atoms with Crippen molar-refractivity contribution in [3.8, 4) is 0 Å². The molecule has 0 atom stereocenters. The standard InChI is InChI=1S/C10H13FN4/c11-7-1-3-8(4-2-7)13-10(15-12)14-9-5-6-9/h1-4,9H,5-6,12H2,(H2,13,14,15). The Bertz CT molecular complexity index is 356. The third-order valence-electron chi connectivity index (χ3n) is 2.10. The molecule has 80 valence electrons. The van der Waals surface area contributed by atoms with Crippen LogP contribution in [0.2, 0.25) is 0 Å². The van der Waals surface area contributed by atoms with Crippen molar-refractivity contribution in [3.63, 3.8) is 0 Å². The number of halogens is 1. The molecule has 4 N–H and O–H groups in total. The van der Waals surface area contributed by atoms with E-state index in [2.05, 4.69) is 15.7 Å². The van der Waals surface area contributed by atoms with Gasteiger partial charge in [0.1, 0.15) is 5.82 Å². The van der Waals surface area contributed by atoms with E-state index in [0.717, 1.165) is 18.5 Å². The molecule has 0 spiro atoms. The predicted molar refractivity (Wildman–Crippen MR) is 57.8 cm³/mol. The van der Waals surface area contributed by atoms with Crippen LogP contribution in [0.1, 0.15) is 12.8 Å². The van der Waals surface area contributed by atoms with E-state index in [-0.39, 0.29) is 5.82 Å². The number of nitrogens with zero attached hydrogens (tertiary/aromatic N) is 1. The Morgan fingerprint density at radius 1 is 1.33 bits per heavy atom. The summed E-state index contributed by atoms with van der Waals surface area (Å²) in [6.45, 7) is 0. The van der Waals surface area contributed by atoms with Crippen molar-refractivity contribution in [3.05, 3.63) is 30.1 Å². The number of benzene rings is 1. The Morgan fingerprint density at radius 2 is 2.00 bits per heavy atom. The van der Waals surface area contributed by atoms with Gasteiger partial charge in [-0.25, -0.2) is 15.2 Å². The van der Waals surface area contributed by atoms with Gasteiger partial charge in [0.2, 0.25) is 5.96 Å². The van der Waals surface area contributed by atoms with Gasteiger partial charge in [0, 0.05) is 5.69 Å². The monoisotopic (exact) mass is 208 g/mol. The lowest BCUT2D eigenvalue weighted by molar-refractivity contribution is 0.628. The molecule has 0 saturated heterocycles. The zero-order valence-electron chi connectivity index (χ0n) is 8.20. The smallest absolute Gasteiger partial charge is 0.210 e. The topological polar surface area (TPSA) is 62.4 Å². The van der Waals surface area contributed by atoms with Gasteiger partial charge in [-0.3, -0.25) is 5.43 Å². The van der Waals surface area contributed by atoms with Crippen LogP contribution < -0.4 is 16.6 Å². The van der Waals surface area contributed by atoms with E-state index >= 15 is 0 Å². The largest absolute Gasteiger partial charge is 0.325 e. The molecule has 1 saturated carbocycles. The average molecular weight is 208 g/mol. The molecule has 5 heteroatoms. The molecular weight excluding hydrogens is 195 g/mol. The summed E-state index contributed by atoms with van der Waals surface area (Å²) < 4.78 is 12.6. The zero-order valence-corrected chi connectivity index (χ0v) is 8.20. The number of aliphatic imine (C=N–C) groups is 1. The summed E-state index contributed by atoms with van der Waals surface area (Å²) in [5.74, 6) is 5.56. The van der Waals surface area contributed by atoms with Gasteiger partial charge in [-0.15, -0.1) is 0 Å². The van der Waals surface area contributed by atoms with E-state index in [9.17, 15) is 4.39 Å². The van der Waals surface area contributed by atoms with E-state index in [4.69, 9.17) is 5.84 Å². The van der Waals surface area contributed by atoms with Crippen LogP contribution in [0.4, 0.5) is 10.1 Å². The first kappa shape index (κ1) is 9.92. The normalized spacial score (nSPS) is 16.3. The lowest BCUT2D eigenvalue weighted by atomic mass is 10.3. The van der Waals surface area contributed by atoms with Crippen LogP contribution in [0.5, 0.6) is 0 Å². The lowest BCUT2D eigenvalue weighted by Gasteiger charge is -2.08. The number of anilines is 1. The molecule has 15 heavy (non-hydrogen) atoms. The van der Waals surface area contributed by atoms with Gasteiger partial charge in [0.15, 0.2) is 0 Å². The lowest BCUT2D eigenvalue weighted by Crippen LogP contribution is -2.36. The van der Waals surface area contributed by atoms with Crippen molar-refractivity contribution in [2.75, 3.05) is 5.32 Å². The molecule has 1 aromatic rings. The maximum atomic E-state index is 12.6. The second-order valence-corrected chi connectivity index (χ2v) is 3.49. The van der Waals surface area contributed by atoms with E-state index in [1.165, 1.54) is 12.1 Å². The molecule has 0 unspecified atom stereocenters. The van der Waals surface area contributed by atoms with Crippen molar-refractivity contribution in [2.24, 2.45) is 10.8 Å². The second kappa shape index (κ2) is 4.27. The third kappa shape index (κ3) is 2.92. The maximum absolute atomic E-state index is 12.6. The fourth-order valence-electron chi connectivity index (χ4n) is 1.16. The summed E-state index contributed by atoms with van der Waals surface area (Å²) in [4.78, 5) is 4.30. The maximum Gasteiger partial charge on any atom is 0.210 e. The van der Waals surface area contributed by atoms with Crippen LogP contribution in [0.3, 0.4) is 0 Å². The Kier molecular flexibility index (Phi) is 2.82. The van der Waals surface area contributed by atoms with Crippen LogP contribution in [-0.4, -0.2) is 12.0 Å². The number of rotatable bonds is 2. The van der Waals surface area contributed by atoms with Crippen LogP contribution in [0.25, 0.3) is 0 Å². The zero-order chi connectivity index (χ0) is 10.7. The molecule has 2 rings (SSSR count). The molecule has 4 nitrogen and oxygen atoms in total. The molecule has 1 aliphatic rings. The number of hydrogen-bond acceptors (Lipinski definition) is 2. The predicted octanol–water partition coefficient (Wildman–Crippen LogP) is 1.22. The van der Waals surface area contributed by atoms with E-state index < -0.39 is 0 Å². The van der Waals surface area contributed by atoms with Gasteiger partial charge in [0.05, 0.1) is 6.04 Å². The summed E-state index contributed by atoms with van der Waals surface area (Å²) in [7, 11) is 0. The van der Waals surface area contributed by atoms with Gasteiger partial charge in [-0.05, 0) is 37.1 Å². The van der Waals surface area contributed by atoms with Crippen LogP contribution in [0, 0.1) is 5.82 Å². The SMILES string of the molecule is NNC(=NC1CC1)Nc1ccc(F)cc1. The van der Waals surface area contributed by atoms with Crippen LogP contribution in [0.15, 0.2) is 29.3 Å². The Balaban J connectivity index is 2.02. The summed E-state index contributed by atoms with van der Waals surface area (Å²) in [5, 5.41) is 2.97. The van der Waals surface area contributed by atoms with E-state index in [0.29, 0.717) is 12.0 Å². The van der Waals surface area contributed by atoms with Crippen molar-refractivity contribution >= 4 is 11.6 Å². The molecule has 0 bridgehead atoms. The van der Waals surface area contributed by atoms with Crippen molar-refractivity contribution in [1.29, 1.82) is 0 Å². The molecule has 0 heterocycles. The molecule has 1 aliphatic carbocycles. The number of hydrazine groups is 1. The fraction of sp³-hybridized carbons (Fsp3) is 0.300. The molecular formula is C10H13FN4. The molecule has 1 aromatic carbocycles. The minimum Gasteiger partial charge on any atom is -0.325 e. The first-order chi connectivity index (χ1) is 7.28. The second-order valence-electron chi connectivity index (χ2n) is 3.49. The highest BCUT2D eigenvalue weighted by atomic mass is 19.1. The van der Waals surface area contributed by atoms with E-state index in [1.807, 2.05) is 0 Å². The Hall–Kier alpha value is -1.62. The Labute approximate surface area is 87.4 Å². The first-order valence-electron chi connectivity index (χ1n) is 4.85. The van der Waals surface area contributed by atoms with Gasteiger partial charge in [-0.1, -0.05) is 0 Å².